The van der Waals surface area contributed by atoms with E-state index in [1.165, 1.54) is 0 Å². The van der Waals surface area contributed by atoms with Gasteiger partial charge in [-0.2, -0.15) is 17.4 Å². The Kier molecular flexibility index (Phi) is 6.64. The second-order valence-electron chi connectivity index (χ2n) is 5.17. The number of nitrogens with one attached hydrogen (secondary N) is 2. The average molecular weight is 396 g/mol. The summed E-state index contributed by atoms with van der Waals surface area (Å²) in [5.74, 6) is 0.586. The summed E-state index contributed by atoms with van der Waals surface area (Å²) in [5.41, 5.74) is 0. The molecule has 0 aliphatic carbocycles. The number of halogens is 1. The zero-order valence-electron chi connectivity index (χ0n) is 12.1. The van der Waals surface area contributed by atoms with Crippen molar-refractivity contribution in [1.82, 2.24) is 14.3 Å². The highest BCUT2D eigenvalue weighted by Crippen LogP contribution is 2.23. The monoisotopic (exact) mass is 395 g/mol. The van der Waals surface area contributed by atoms with Crippen LogP contribution in [0.1, 0.15) is 24.6 Å². The van der Waals surface area contributed by atoms with Gasteiger partial charge in [0, 0.05) is 29.0 Å². The molecule has 1 aliphatic rings. The molecule has 21 heavy (non-hydrogen) atoms. The summed E-state index contributed by atoms with van der Waals surface area (Å²) in [6.45, 7) is 5.61. The van der Waals surface area contributed by atoms with E-state index in [0.717, 1.165) is 35.3 Å². The molecule has 2 N–H and O–H groups in total. The van der Waals surface area contributed by atoms with Crippen LogP contribution in [0.25, 0.3) is 0 Å². The third kappa shape index (κ3) is 5.01. The van der Waals surface area contributed by atoms with E-state index in [0.29, 0.717) is 25.6 Å². The summed E-state index contributed by atoms with van der Waals surface area (Å²) < 4.78 is 29.8. The fourth-order valence-electron chi connectivity index (χ4n) is 2.40. The minimum Gasteiger partial charge on any atom is -0.317 e. The maximum absolute atomic E-state index is 12.3. The van der Waals surface area contributed by atoms with Gasteiger partial charge in [-0.05, 0) is 59.2 Å². The van der Waals surface area contributed by atoms with Crippen LogP contribution in [0.2, 0.25) is 0 Å². The van der Waals surface area contributed by atoms with Crippen molar-refractivity contribution in [3.05, 3.63) is 20.8 Å². The lowest BCUT2D eigenvalue weighted by Crippen LogP contribution is -2.45. The second kappa shape index (κ2) is 8.03. The topological polar surface area (TPSA) is 61.4 Å². The van der Waals surface area contributed by atoms with E-state index >= 15 is 0 Å². The molecule has 120 valence electrons. The van der Waals surface area contributed by atoms with Gasteiger partial charge in [0.15, 0.2) is 0 Å². The van der Waals surface area contributed by atoms with Crippen LogP contribution in [0.5, 0.6) is 0 Å². The number of nitrogens with zero attached hydrogens (tertiary/aromatic N) is 1. The zero-order valence-corrected chi connectivity index (χ0v) is 15.4. The normalized spacial score (nSPS) is 18.2. The Bertz CT molecular complexity index is 539. The van der Waals surface area contributed by atoms with E-state index in [-0.39, 0.29) is 0 Å². The van der Waals surface area contributed by atoms with Crippen molar-refractivity contribution in [3.8, 4) is 0 Å². The molecule has 1 saturated heterocycles. The van der Waals surface area contributed by atoms with E-state index < -0.39 is 10.2 Å². The fraction of sp³-hybridized carbons (Fsp3) is 0.692. The van der Waals surface area contributed by atoms with Crippen molar-refractivity contribution >= 4 is 37.5 Å². The first-order valence-electron chi connectivity index (χ1n) is 7.20. The molecule has 0 amide bonds. The van der Waals surface area contributed by atoms with Gasteiger partial charge in [-0.1, -0.05) is 6.92 Å². The van der Waals surface area contributed by atoms with Gasteiger partial charge in [-0.15, -0.1) is 11.3 Å². The average Bonchev–Trinajstić information content (AvgIpc) is 2.89. The third-order valence-electron chi connectivity index (χ3n) is 3.70. The van der Waals surface area contributed by atoms with Crippen LogP contribution in [0.4, 0.5) is 0 Å². The van der Waals surface area contributed by atoms with Gasteiger partial charge in [0.2, 0.25) is 0 Å². The minimum absolute atomic E-state index is 0.345. The molecule has 5 nitrogen and oxygen atoms in total. The van der Waals surface area contributed by atoms with Crippen molar-refractivity contribution in [2.24, 2.45) is 5.92 Å². The van der Waals surface area contributed by atoms with Crippen molar-refractivity contribution in [3.63, 3.8) is 0 Å². The van der Waals surface area contributed by atoms with Crippen LogP contribution < -0.4 is 10.0 Å². The van der Waals surface area contributed by atoms with E-state index in [1.807, 2.05) is 11.4 Å². The minimum atomic E-state index is -3.37. The quantitative estimate of drug-likeness (QED) is 0.743. The van der Waals surface area contributed by atoms with Crippen molar-refractivity contribution in [1.29, 1.82) is 0 Å². The van der Waals surface area contributed by atoms with E-state index in [2.05, 4.69) is 32.9 Å². The Morgan fingerprint density at radius 1 is 1.43 bits per heavy atom. The van der Waals surface area contributed by atoms with Gasteiger partial charge in [-0.3, -0.25) is 0 Å². The largest absolute Gasteiger partial charge is 0.317 e. The van der Waals surface area contributed by atoms with Crippen LogP contribution in [-0.4, -0.2) is 38.9 Å². The molecule has 1 fully saturated rings. The highest BCUT2D eigenvalue weighted by atomic mass is 79.9. The molecule has 0 bridgehead atoms. The first kappa shape index (κ1) is 17.4. The van der Waals surface area contributed by atoms with Gasteiger partial charge >= 0.3 is 0 Å². The first-order valence-corrected chi connectivity index (χ1v) is 10.3. The van der Waals surface area contributed by atoms with Crippen molar-refractivity contribution in [2.75, 3.05) is 26.2 Å². The molecule has 2 heterocycles. The molecule has 0 radical (unpaired) electrons. The predicted molar refractivity (Wildman–Crippen MR) is 90.6 cm³/mol. The van der Waals surface area contributed by atoms with E-state index in [4.69, 9.17) is 0 Å². The van der Waals surface area contributed by atoms with Crippen LogP contribution in [0.3, 0.4) is 0 Å². The Morgan fingerprint density at radius 3 is 2.71 bits per heavy atom. The van der Waals surface area contributed by atoms with E-state index in [9.17, 15) is 8.42 Å². The molecular formula is C13H22BrN3O2S2. The Balaban J connectivity index is 1.82. The summed E-state index contributed by atoms with van der Waals surface area (Å²) in [6, 6.07) is 1.93. The fourth-order valence-corrected chi connectivity index (χ4v) is 5.13. The summed E-state index contributed by atoms with van der Waals surface area (Å²) in [6.07, 6.45) is 1.85. The molecule has 0 unspecified atom stereocenters. The van der Waals surface area contributed by atoms with Crippen molar-refractivity contribution < 1.29 is 8.42 Å². The number of rotatable bonds is 7. The predicted octanol–water partition coefficient (Wildman–Crippen LogP) is 2.17. The molecule has 0 atom stereocenters. The van der Waals surface area contributed by atoms with Gasteiger partial charge < -0.3 is 5.32 Å². The van der Waals surface area contributed by atoms with Crippen LogP contribution in [0, 0.1) is 5.92 Å². The second-order valence-corrected chi connectivity index (χ2v) is 8.78. The molecule has 0 spiro atoms. The molecule has 1 aromatic heterocycles. The maximum atomic E-state index is 12.3. The highest BCUT2D eigenvalue weighted by molar-refractivity contribution is 9.10. The number of thiophene rings is 1. The first-order chi connectivity index (χ1) is 10.0. The molecule has 0 saturated carbocycles. The lowest BCUT2D eigenvalue weighted by atomic mass is 9.98. The molecule has 1 aromatic rings. The summed E-state index contributed by atoms with van der Waals surface area (Å²) in [5, 5.41) is 5.28. The maximum Gasteiger partial charge on any atom is 0.279 e. The van der Waals surface area contributed by atoms with Gasteiger partial charge in [-0.25, -0.2) is 0 Å². The molecular weight excluding hydrogens is 374 g/mol. The zero-order chi connectivity index (χ0) is 15.3. The Labute approximate surface area is 139 Å². The summed E-state index contributed by atoms with van der Waals surface area (Å²) in [4.78, 5) is 1.00. The van der Waals surface area contributed by atoms with Gasteiger partial charge in [0.1, 0.15) is 0 Å². The van der Waals surface area contributed by atoms with Crippen molar-refractivity contribution in [2.45, 2.75) is 26.3 Å². The summed E-state index contributed by atoms with van der Waals surface area (Å²) >= 11 is 4.96. The lowest BCUT2D eigenvalue weighted by molar-refractivity contribution is 0.266. The lowest BCUT2D eigenvalue weighted by Gasteiger charge is -2.31. The third-order valence-corrected chi connectivity index (χ3v) is 7.18. The number of hydrogen-bond donors (Lipinski definition) is 2. The molecule has 8 heteroatoms. The molecule has 2 rings (SSSR count). The molecule has 1 aliphatic heterocycles. The van der Waals surface area contributed by atoms with Crippen LogP contribution >= 0.6 is 27.3 Å². The van der Waals surface area contributed by atoms with Gasteiger partial charge in [0.25, 0.3) is 10.2 Å². The highest BCUT2D eigenvalue weighted by Gasteiger charge is 2.27. The van der Waals surface area contributed by atoms with E-state index in [1.54, 1.807) is 15.6 Å². The number of piperidine rings is 1. The Hall–Kier alpha value is 0.01000. The summed E-state index contributed by atoms with van der Waals surface area (Å²) in [7, 11) is -3.37. The molecule has 0 aromatic carbocycles. The van der Waals surface area contributed by atoms with Gasteiger partial charge in [0.05, 0.1) is 0 Å². The smallest absolute Gasteiger partial charge is 0.279 e. The SMILES string of the molecule is CCNCC1CCN(S(=O)(=O)NCc2sccc2Br)CC1. The standard InChI is InChI=1S/C13H22BrN3O2S2/c1-2-15-9-11-3-6-17(7-4-11)21(18,19)16-10-13-12(14)5-8-20-13/h5,8,11,15-16H,2-4,6-7,9-10H2,1H3. The van der Waals surface area contributed by atoms with Crippen LogP contribution in [0.15, 0.2) is 15.9 Å². The Morgan fingerprint density at radius 2 is 2.14 bits per heavy atom. The van der Waals surface area contributed by atoms with Crippen LogP contribution in [-0.2, 0) is 16.8 Å². The number of hydrogen-bond acceptors (Lipinski definition) is 4.